The van der Waals surface area contributed by atoms with Gasteiger partial charge in [0.2, 0.25) is 18.6 Å². The number of amides is 2. The molecule has 2 aromatic carbocycles. The van der Waals surface area contributed by atoms with Gasteiger partial charge in [0.05, 0.1) is 31.6 Å². The third kappa shape index (κ3) is 2.64. The van der Waals surface area contributed by atoms with Gasteiger partial charge in [0, 0.05) is 17.4 Å². The molecule has 31 heavy (non-hydrogen) atoms. The molecule has 6 rings (SSSR count). The maximum absolute atomic E-state index is 13.4. The number of fused-ring (bicyclic) bond motifs is 2. The highest BCUT2D eigenvalue weighted by Crippen LogP contribution is 2.53. The van der Waals surface area contributed by atoms with E-state index in [4.69, 9.17) is 18.9 Å². The Balaban J connectivity index is 1.26. The van der Waals surface area contributed by atoms with Gasteiger partial charge in [0.25, 0.3) is 0 Å². The molecule has 1 spiro atoms. The lowest BCUT2D eigenvalue weighted by Crippen LogP contribution is -2.41. The Hall–Kier alpha value is -3.52. The van der Waals surface area contributed by atoms with Crippen molar-refractivity contribution in [3.8, 4) is 17.2 Å². The maximum Gasteiger partial charge on any atom is 0.234 e. The fourth-order valence-corrected chi connectivity index (χ4v) is 4.98. The Morgan fingerprint density at radius 2 is 1.97 bits per heavy atom. The molecule has 4 aliphatic rings. The molecule has 2 amide bonds. The van der Waals surface area contributed by atoms with Crippen molar-refractivity contribution in [1.29, 1.82) is 0 Å². The molecule has 4 heterocycles. The van der Waals surface area contributed by atoms with E-state index in [0.29, 0.717) is 29.5 Å². The van der Waals surface area contributed by atoms with E-state index in [9.17, 15) is 9.59 Å². The van der Waals surface area contributed by atoms with Crippen molar-refractivity contribution >= 4 is 23.2 Å². The highest BCUT2D eigenvalue weighted by atomic mass is 16.7. The molecule has 2 unspecified atom stereocenters. The van der Waals surface area contributed by atoms with Crippen LogP contribution in [-0.2, 0) is 14.3 Å². The zero-order chi connectivity index (χ0) is 21.2. The van der Waals surface area contributed by atoms with Crippen molar-refractivity contribution in [2.45, 2.75) is 11.7 Å². The van der Waals surface area contributed by atoms with Crippen molar-refractivity contribution < 1.29 is 28.5 Å². The second-order valence-electron chi connectivity index (χ2n) is 8.08. The summed E-state index contributed by atoms with van der Waals surface area (Å²) >= 11 is 0. The first-order chi connectivity index (χ1) is 15.1. The Bertz CT molecular complexity index is 1110. The normalized spacial score (nSPS) is 29.4. The lowest BCUT2D eigenvalue weighted by atomic mass is 9.77. The lowest BCUT2D eigenvalue weighted by molar-refractivity contribution is -0.128. The maximum atomic E-state index is 13.4. The van der Waals surface area contributed by atoms with E-state index in [1.165, 1.54) is 0 Å². The minimum atomic E-state index is -0.779. The summed E-state index contributed by atoms with van der Waals surface area (Å²) in [5.41, 5.74) is 0.566. The fourth-order valence-electron chi connectivity index (χ4n) is 4.98. The zero-order valence-corrected chi connectivity index (χ0v) is 16.7. The van der Waals surface area contributed by atoms with E-state index in [1.807, 2.05) is 36.4 Å². The third-order valence-corrected chi connectivity index (χ3v) is 6.43. The van der Waals surface area contributed by atoms with E-state index in [1.54, 1.807) is 30.2 Å². The van der Waals surface area contributed by atoms with Crippen LogP contribution in [0.25, 0.3) is 0 Å². The Morgan fingerprint density at radius 3 is 2.77 bits per heavy atom. The molecule has 2 saturated heterocycles. The molecule has 158 valence electrons. The first kappa shape index (κ1) is 18.3. The number of carbonyl (C=O) groups excluding carboxylic acids is 2. The summed E-state index contributed by atoms with van der Waals surface area (Å²) in [6.07, 6.45) is 3.42. The summed E-state index contributed by atoms with van der Waals surface area (Å²) in [7, 11) is 1.60. The first-order valence-corrected chi connectivity index (χ1v) is 10.1. The van der Waals surface area contributed by atoms with Crippen LogP contribution in [0.15, 0.2) is 54.6 Å². The van der Waals surface area contributed by atoms with Crippen LogP contribution in [-0.4, -0.2) is 44.0 Å². The van der Waals surface area contributed by atoms with Crippen LogP contribution < -0.4 is 24.4 Å². The van der Waals surface area contributed by atoms with E-state index >= 15 is 0 Å². The minimum absolute atomic E-state index is 0.108. The average molecular weight is 420 g/mol. The third-order valence-electron chi connectivity index (χ3n) is 6.43. The van der Waals surface area contributed by atoms with Gasteiger partial charge in [-0.3, -0.25) is 9.59 Å². The number of nitrogens with zero attached hydrogens (tertiary/aromatic N) is 1. The number of rotatable bonds is 4. The van der Waals surface area contributed by atoms with Crippen molar-refractivity contribution in [2.24, 2.45) is 11.8 Å². The van der Waals surface area contributed by atoms with E-state index < -0.39 is 23.5 Å². The molecule has 4 atom stereocenters. The monoisotopic (exact) mass is 420 g/mol. The van der Waals surface area contributed by atoms with Crippen LogP contribution in [0, 0.1) is 11.8 Å². The molecular weight excluding hydrogens is 400 g/mol. The number of ether oxygens (including phenoxy) is 4. The van der Waals surface area contributed by atoms with Crippen LogP contribution in [0.3, 0.4) is 0 Å². The molecule has 0 aromatic heterocycles. The number of methoxy groups -OCH3 is 1. The van der Waals surface area contributed by atoms with Gasteiger partial charge in [-0.1, -0.05) is 12.2 Å². The predicted molar refractivity (Wildman–Crippen MR) is 110 cm³/mol. The van der Waals surface area contributed by atoms with E-state index in [0.717, 1.165) is 5.69 Å². The smallest absolute Gasteiger partial charge is 0.234 e. The van der Waals surface area contributed by atoms with Gasteiger partial charge in [-0.05, 0) is 36.4 Å². The van der Waals surface area contributed by atoms with Gasteiger partial charge in [-0.15, -0.1) is 0 Å². The predicted octanol–water partition coefficient (Wildman–Crippen LogP) is 2.35. The van der Waals surface area contributed by atoms with Gasteiger partial charge < -0.3 is 29.2 Å². The number of benzene rings is 2. The summed E-state index contributed by atoms with van der Waals surface area (Å²) in [4.78, 5) is 28.3. The summed E-state index contributed by atoms with van der Waals surface area (Å²) in [5, 5.41) is 2.92. The molecule has 0 radical (unpaired) electrons. The second-order valence-corrected chi connectivity index (χ2v) is 8.08. The Labute approximate surface area is 178 Å². The molecule has 4 aliphatic heterocycles. The van der Waals surface area contributed by atoms with Crippen LogP contribution >= 0.6 is 0 Å². The second kappa shape index (κ2) is 6.49. The van der Waals surface area contributed by atoms with Gasteiger partial charge in [0.15, 0.2) is 11.5 Å². The molecule has 0 aliphatic carbocycles. The summed E-state index contributed by atoms with van der Waals surface area (Å²) < 4.78 is 22.1. The first-order valence-electron chi connectivity index (χ1n) is 10.1. The lowest BCUT2D eigenvalue weighted by Gasteiger charge is -2.23. The number of anilines is 2. The summed E-state index contributed by atoms with van der Waals surface area (Å²) in [6, 6.07) is 12.5. The van der Waals surface area contributed by atoms with Crippen LogP contribution in [0.1, 0.15) is 0 Å². The Kier molecular flexibility index (Phi) is 3.82. The topological polar surface area (TPSA) is 86.3 Å². The number of hydrogen-bond donors (Lipinski definition) is 1. The quantitative estimate of drug-likeness (QED) is 0.765. The average Bonchev–Trinajstić information content (AvgIpc) is 3.54. The molecule has 8 heteroatoms. The van der Waals surface area contributed by atoms with Crippen LogP contribution in [0.2, 0.25) is 0 Å². The van der Waals surface area contributed by atoms with Crippen molar-refractivity contribution in [3.05, 3.63) is 54.6 Å². The van der Waals surface area contributed by atoms with Gasteiger partial charge in [-0.2, -0.15) is 0 Å². The number of hydrogen-bond acceptors (Lipinski definition) is 6. The standard InChI is InChI=1S/C23H20N2O6/c1-28-15-5-3-14(4-6-15)25-11-23-9-8-17(31-23)19(20(23)22(25)27)21(26)24-13-2-7-16-18(10-13)30-12-29-16/h2-10,17,19-20H,11-12H2,1H3,(H,24,26)/t17-,19?,20?,23-/m1/s1. The van der Waals surface area contributed by atoms with Crippen molar-refractivity contribution in [2.75, 3.05) is 30.7 Å². The molecule has 1 N–H and O–H groups in total. The molecule has 8 nitrogen and oxygen atoms in total. The van der Waals surface area contributed by atoms with E-state index in [2.05, 4.69) is 5.32 Å². The highest BCUT2D eigenvalue weighted by Gasteiger charge is 2.67. The zero-order valence-electron chi connectivity index (χ0n) is 16.7. The van der Waals surface area contributed by atoms with E-state index in [-0.39, 0.29) is 18.6 Å². The molecule has 2 fully saturated rings. The number of carbonyl (C=O) groups is 2. The van der Waals surface area contributed by atoms with Gasteiger partial charge >= 0.3 is 0 Å². The number of nitrogens with one attached hydrogen (secondary N) is 1. The van der Waals surface area contributed by atoms with Crippen LogP contribution in [0.5, 0.6) is 17.2 Å². The molecule has 0 saturated carbocycles. The fraction of sp³-hybridized carbons (Fsp3) is 0.304. The minimum Gasteiger partial charge on any atom is -0.497 e. The summed E-state index contributed by atoms with van der Waals surface area (Å²) in [5.74, 6) is 0.412. The van der Waals surface area contributed by atoms with Gasteiger partial charge in [0.1, 0.15) is 11.4 Å². The largest absolute Gasteiger partial charge is 0.497 e. The van der Waals surface area contributed by atoms with Crippen molar-refractivity contribution in [3.63, 3.8) is 0 Å². The molecule has 2 aromatic rings. The SMILES string of the molecule is COc1ccc(N2C[C@@]34C=C[C@@H](O3)C(C(=O)Nc3ccc5c(c3)OCO5)C4C2=O)cc1. The molecular formula is C23H20N2O6. The molecule has 2 bridgehead atoms. The van der Waals surface area contributed by atoms with Gasteiger partial charge in [-0.25, -0.2) is 0 Å². The highest BCUT2D eigenvalue weighted by molar-refractivity contribution is 6.05. The van der Waals surface area contributed by atoms with Crippen LogP contribution in [0.4, 0.5) is 11.4 Å². The Morgan fingerprint density at radius 1 is 1.16 bits per heavy atom. The summed E-state index contributed by atoms with van der Waals surface area (Å²) in [6.45, 7) is 0.542. The van der Waals surface area contributed by atoms with Crippen molar-refractivity contribution in [1.82, 2.24) is 0 Å².